The van der Waals surface area contributed by atoms with Crippen LogP contribution in [-0.2, 0) is 4.79 Å². The van der Waals surface area contributed by atoms with Crippen molar-refractivity contribution in [1.29, 1.82) is 0 Å². The van der Waals surface area contributed by atoms with Crippen LogP contribution in [0.15, 0.2) is 54.6 Å². The fraction of sp³-hybridized carbons (Fsp3) is 0.333. The Morgan fingerprint density at radius 2 is 2.00 bits per heavy atom. The van der Waals surface area contributed by atoms with Crippen LogP contribution in [0.1, 0.15) is 19.8 Å². The van der Waals surface area contributed by atoms with E-state index in [2.05, 4.69) is 29.3 Å². The number of pyridine rings is 1. The second-order valence-electron chi connectivity index (χ2n) is 7.76. The van der Waals surface area contributed by atoms with Crippen molar-refractivity contribution in [3.05, 3.63) is 54.6 Å². The standard InChI is InChI=1S/C24H27N3O3/c1-17-5-4-14-27(15-17)22-13-8-18-6-3-7-21(24(18)26-22)30-16-23(28)25-19-9-11-20(29-2)12-10-19/h3,6-13,17H,4-5,14-16H2,1-2H3,(H,25,28). The molecular weight excluding hydrogens is 378 g/mol. The first-order chi connectivity index (χ1) is 14.6. The molecule has 2 aromatic carbocycles. The molecule has 1 fully saturated rings. The molecule has 30 heavy (non-hydrogen) atoms. The monoisotopic (exact) mass is 405 g/mol. The number of fused-ring (bicyclic) bond motifs is 1. The van der Waals surface area contributed by atoms with Crippen LogP contribution in [0.2, 0.25) is 0 Å². The second-order valence-corrected chi connectivity index (χ2v) is 7.76. The SMILES string of the molecule is COc1ccc(NC(=O)COc2cccc3ccc(N4CCCC(C)C4)nc23)cc1. The molecular formula is C24H27N3O3. The Labute approximate surface area is 176 Å². The van der Waals surface area contributed by atoms with E-state index in [1.807, 2.05) is 18.2 Å². The summed E-state index contributed by atoms with van der Waals surface area (Å²) in [5, 5.41) is 3.83. The lowest BCUT2D eigenvalue weighted by Gasteiger charge is -2.32. The fourth-order valence-corrected chi connectivity index (χ4v) is 3.81. The number of ether oxygens (including phenoxy) is 2. The summed E-state index contributed by atoms with van der Waals surface area (Å²) >= 11 is 0. The Hall–Kier alpha value is -3.28. The van der Waals surface area contributed by atoms with Crippen LogP contribution >= 0.6 is 0 Å². The molecule has 1 N–H and O–H groups in total. The largest absolute Gasteiger partial charge is 0.497 e. The minimum absolute atomic E-state index is 0.0855. The van der Waals surface area contributed by atoms with Crippen molar-refractivity contribution in [2.45, 2.75) is 19.8 Å². The molecule has 3 aromatic rings. The van der Waals surface area contributed by atoms with Gasteiger partial charge in [0.1, 0.15) is 22.8 Å². The minimum atomic E-state index is -0.224. The van der Waals surface area contributed by atoms with Gasteiger partial charge in [-0.05, 0) is 61.2 Å². The van der Waals surface area contributed by atoms with Crippen molar-refractivity contribution < 1.29 is 14.3 Å². The molecule has 1 atom stereocenters. The molecule has 0 spiro atoms. The molecule has 1 unspecified atom stereocenters. The molecule has 1 aliphatic rings. The van der Waals surface area contributed by atoms with Crippen molar-refractivity contribution in [2.75, 3.05) is 37.0 Å². The third-order valence-electron chi connectivity index (χ3n) is 5.38. The number of piperidine rings is 1. The first kappa shape index (κ1) is 20.0. The average molecular weight is 405 g/mol. The quantitative estimate of drug-likeness (QED) is 0.654. The lowest BCUT2D eigenvalue weighted by atomic mass is 10.0. The number of amides is 1. The molecule has 0 radical (unpaired) electrons. The zero-order valence-electron chi connectivity index (χ0n) is 17.4. The number of aromatic nitrogens is 1. The van der Waals surface area contributed by atoms with Gasteiger partial charge in [-0.25, -0.2) is 4.98 Å². The highest BCUT2D eigenvalue weighted by molar-refractivity contribution is 5.92. The molecule has 6 nitrogen and oxygen atoms in total. The van der Waals surface area contributed by atoms with E-state index in [1.54, 1.807) is 31.4 Å². The third-order valence-corrected chi connectivity index (χ3v) is 5.38. The normalized spacial score (nSPS) is 16.3. The number of methoxy groups -OCH3 is 1. The van der Waals surface area contributed by atoms with E-state index in [9.17, 15) is 4.79 Å². The molecule has 1 aromatic heterocycles. The predicted molar refractivity (Wildman–Crippen MR) is 119 cm³/mol. The first-order valence-corrected chi connectivity index (χ1v) is 10.3. The van der Waals surface area contributed by atoms with Crippen molar-refractivity contribution in [3.8, 4) is 11.5 Å². The summed E-state index contributed by atoms with van der Waals surface area (Å²) in [5.41, 5.74) is 1.48. The highest BCUT2D eigenvalue weighted by atomic mass is 16.5. The van der Waals surface area contributed by atoms with Crippen molar-refractivity contribution in [3.63, 3.8) is 0 Å². The highest BCUT2D eigenvalue weighted by Crippen LogP contribution is 2.28. The number of benzene rings is 2. The summed E-state index contributed by atoms with van der Waals surface area (Å²) in [7, 11) is 1.61. The van der Waals surface area contributed by atoms with E-state index in [0.717, 1.165) is 35.6 Å². The first-order valence-electron chi connectivity index (χ1n) is 10.3. The summed E-state index contributed by atoms with van der Waals surface area (Å²) in [6.07, 6.45) is 2.45. The summed E-state index contributed by atoms with van der Waals surface area (Å²) in [5.74, 6) is 2.77. The highest BCUT2D eigenvalue weighted by Gasteiger charge is 2.18. The summed E-state index contributed by atoms with van der Waals surface area (Å²) in [6, 6.07) is 17.1. The zero-order valence-corrected chi connectivity index (χ0v) is 17.4. The van der Waals surface area contributed by atoms with Crippen LogP contribution in [0.3, 0.4) is 0 Å². The lowest BCUT2D eigenvalue weighted by Crippen LogP contribution is -2.34. The fourth-order valence-electron chi connectivity index (χ4n) is 3.81. The molecule has 1 amide bonds. The van der Waals surface area contributed by atoms with E-state index in [-0.39, 0.29) is 12.5 Å². The maximum absolute atomic E-state index is 12.3. The van der Waals surface area contributed by atoms with E-state index in [1.165, 1.54) is 12.8 Å². The smallest absolute Gasteiger partial charge is 0.262 e. The van der Waals surface area contributed by atoms with Crippen molar-refractivity contribution in [1.82, 2.24) is 4.98 Å². The van der Waals surface area contributed by atoms with Crippen LogP contribution in [-0.4, -0.2) is 37.7 Å². The Balaban J connectivity index is 1.46. The molecule has 0 bridgehead atoms. The molecule has 156 valence electrons. The van der Waals surface area contributed by atoms with Crippen molar-refractivity contribution in [2.24, 2.45) is 5.92 Å². The number of para-hydroxylation sites is 1. The molecule has 0 aliphatic carbocycles. The van der Waals surface area contributed by atoms with Gasteiger partial charge in [-0.2, -0.15) is 0 Å². The van der Waals surface area contributed by atoms with Gasteiger partial charge in [0.15, 0.2) is 6.61 Å². The van der Waals surface area contributed by atoms with Crippen LogP contribution in [0.25, 0.3) is 10.9 Å². The van der Waals surface area contributed by atoms with Gasteiger partial charge >= 0.3 is 0 Å². The molecule has 6 heteroatoms. The van der Waals surface area contributed by atoms with E-state index >= 15 is 0 Å². The Morgan fingerprint density at radius 1 is 1.17 bits per heavy atom. The van der Waals surface area contributed by atoms with Crippen LogP contribution < -0.4 is 19.7 Å². The Bertz CT molecular complexity index is 1020. The van der Waals surface area contributed by atoms with Gasteiger partial charge in [0.05, 0.1) is 7.11 Å². The van der Waals surface area contributed by atoms with E-state index < -0.39 is 0 Å². The number of nitrogens with zero attached hydrogens (tertiary/aromatic N) is 2. The maximum Gasteiger partial charge on any atom is 0.262 e. The molecule has 2 heterocycles. The number of hydrogen-bond donors (Lipinski definition) is 1. The Morgan fingerprint density at radius 3 is 2.77 bits per heavy atom. The van der Waals surface area contributed by atoms with Crippen LogP contribution in [0.5, 0.6) is 11.5 Å². The summed E-state index contributed by atoms with van der Waals surface area (Å²) < 4.78 is 11.0. The van der Waals surface area contributed by atoms with Gasteiger partial charge in [0, 0.05) is 24.2 Å². The summed E-state index contributed by atoms with van der Waals surface area (Å²) in [4.78, 5) is 19.5. The maximum atomic E-state index is 12.3. The van der Waals surface area contributed by atoms with Gasteiger partial charge in [-0.15, -0.1) is 0 Å². The van der Waals surface area contributed by atoms with Gasteiger partial charge in [0.25, 0.3) is 5.91 Å². The predicted octanol–water partition coefficient (Wildman–Crippen LogP) is 4.50. The van der Waals surface area contributed by atoms with Gasteiger partial charge in [-0.1, -0.05) is 19.1 Å². The van der Waals surface area contributed by atoms with Crippen LogP contribution in [0.4, 0.5) is 11.5 Å². The van der Waals surface area contributed by atoms with Crippen molar-refractivity contribution >= 4 is 28.3 Å². The second kappa shape index (κ2) is 9.03. The number of rotatable bonds is 6. The minimum Gasteiger partial charge on any atom is -0.497 e. The Kier molecular flexibility index (Phi) is 6.02. The number of carbonyl (C=O) groups excluding carboxylic acids is 1. The summed E-state index contributed by atoms with van der Waals surface area (Å²) in [6.45, 7) is 4.24. The third kappa shape index (κ3) is 4.64. The van der Waals surface area contributed by atoms with Crippen LogP contribution in [0, 0.1) is 5.92 Å². The number of carbonyl (C=O) groups is 1. The number of hydrogen-bond acceptors (Lipinski definition) is 5. The molecule has 0 saturated carbocycles. The lowest BCUT2D eigenvalue weighted by molar-refractivity contribution is -0.118. The zero-order chi connectivity index (χ0) is 20.9. The molecule has 4 rings (SSSR count). The van der Waals surface area contributed by atoms with E-state index in [4.69, 9.17) is 14.5 Å². The average Bonchev–Trinajstić information content (AvgIpc) is 2.78. The van der Waals surface area contributed by atoms with Gasteiger partial charge in [0.2, 0.25) is 0 Å². The van der Waals surface area contributed by atoms with E-state index in [0.29, 0.717) is 17.4 Å². The van der Waals surface area contributed by atoms with Gasteiger partial charge in [-0.3, -0.25) is 4.79 Å². The molecule has 1 saturated heterocycles. The topological polar surface area (TPSA) is 63.7 Å². The van der Waals surface area contributed by atoms with Gasteiger partial charge < -0.3 is 19.7 Å². The number of anilines is 2. The number of nitrogens with one attached hydrogen (secondary N) is 1. The molecule has 1 aliphatic heterocycles.